The van der Waals surface area contributed by atoms with Gasteiger partial charge in [-0.2, -0.15) is 0 Å². The van der Waals surface area contributed by atoms with Crippen LogP contribution in [-0.2, 0) is 6.54 Å². The first-order chi connectivity index (χ1) is 13.6. The first-order valence-electron chi connectivity index (χ1n) is 9.45. The van der Waals surface area contributed by atoms with Crippen molar-refractivity contribution in [3.63, 3.8) is 0 Å². The molecule has 1 aliphatic heterocycles. The van der Waals surface area contributed by atoms with E-state index in [-0.39, 0.29) is 11.9 Å². The number of methoxy groups -OCH3 is 1. The average molecular weight is 381 g/mol. The van der Waals surface area contributed by atoms with Gasteiger partial charge < -0.3 is 14.5 Å². The molecule has 5 nitrogen and oxygen atoms in total. The molecule has 146 valence electrons. The van der Waals surface area contributed by atoms with Crippen molar-refractivity contribution in [2.24, 2.45) is 0 Å². The highest BCUT2D eigenvalue weighted by molar-refractivity contribution is 5.57. The predicted molar refractivity (Wildman–Crippen MR) is 106 cm³/mol. The number of aromatic nitrogens is 1. The Balaban J connectivity index is 1.51. The predicted octanol–water partition coefficient (Wildman–Crippen LogP) is 3.94. The molecule has 0 aliphatic carbocycles. The summed E-state index contributed by atoms with van der Waals surface area (Å²) >= 11 is 0. The molecule has 0 saturated carbocycles. The molecule has 1 aliphatic rings. The number of rotatable bonds is 5. The molecule has 28 heavy (non-hydrogen) atoms. The number of piperazine rings is 1. The van der Waals surface area contributed by atoms with Crippen molar-refractivity contribution in [3.05, 3.63) is 71.4 Å². The van der Waals surface area contributed by atoms with E-state index in [0.717, 1.165) is 25.3 Å². The van der Waals surface area contributed by atoms with Gasteiger partial charge in [0.05, 0.1) is 18.4 Å². The molecule has 0 bridgehead atoms. The summed E-state index contributed by atoms with van der Waals surface area (Å²) in [5, 5.41) is 3.57. The molecule has 3 aromatic rings. The van der Waals surface area contributed by atoms with Gasteiger partial charge in [-0.25, -0.2) is 9.37 Å². The molecule has 2 aromatic carbocycles. The van der Waals surface area contributed by atoms with Crippen LogP contribution in [0.25, 0.3) is 11.5 Å². The fourth-order valence-corrected chi connectivity index (χ4v) is 3.56. The quantitative estimate of drug-likeness (QED) is 0.725. The topological polar surface area (TPSA) is 50.5 Å². The van der Waals surface area contributed by atoms with Crippen LogP contribution in [0.4, 0.5) is 4.39 Å². The number of nitrogens with zero attached hydrogens (tertiary/aromatic N) is 2. The number of nitrogens with one attached hydrogen (secondary N) is 1. The molecular formula is C22H24FN3O2. The Kier molecular flexibility index (Phi) is 5.41. The lowest BCUT2D eigenvalue weighted by Crippen LogP contribution is -2.45. The van der Waals surface area contributed by atoms with Gasteiger partial charge in [0, 0.05) is 32.2 Å². The van der Waals surface area contributed by atoms with E-state index in [1.54, 1.807) is 19.2 Å². The van der Waals surface area contributed by atoms with Gasteiger partial charge in [0.2, 0.25) is 5.89 Å². The number of benzene rings is 2. The molecule has 6 heteroatoms. The highest BCUT2D eigenvalue weighted by Gasteiger charge is 2.23. The van der Waals surface area contributed by atoms with Gasteiger partial charge in [-0.05, 0) is 30.7 Å². The van der Waals surface area contributed by atoms with Crippen LogP contribution in [0.15, 0.2) is 52.9 Å². The second-order valence-corrected chi connectivity index (χ2v) is 7.02. The Bertz CT molecular complexity index is 942. The minimum absolute atomic E-state index is 0.289. The molecular weight excluding hydrogens is 357 g/mol. The molecule has 1 saturated heterocycles. The zero-order valence-electron chi connectivity index (χ0n) is 16.1. The Morgan fingerprint density at radius 2 is 2.07 bits per heavy atom. The standard InChI is InChI=1S/C22H24FN3O2/c1-15-20(25-22(28-15)18-12-17(27-2)8-9-19(18)23)13-26-11-10-24-21(14-26)16-6-4-3-5-7-16/h3-9,12,21,24H,10-11,13-14H2,1-2H3. The lowest BCUT2D eigenvalue weighted by molar-refractivity contribution is 0.191. The highest BCUT2D eigenvalue weighted by atomic mass is 19.1. The number of oxazole rings is 1. The Morgan fingerprint density at radius 3 is 2.86 bits per heavy atom. The number of hydrogen-bond acceptors (Lipinski definition) is 5. The Morgan fingerprint density at radius 1 is 1.25 bits per heavy atom. The zero-order chi connectivity index (χ0) is 19.5. The zero-order valence-corrected chi connectivity index (χ0v) is 16.1. The minimum Gasteiger partial charge on any atom is -0.497 e. The number of hydrogen-bond donors (Lipinski definition) is 1. The van der Waals surface area contributed by atoms with E-state index in [2.05, 4.69) is 39.5 Å². The maximum Gasteiger partial charge on any atom is 0.229 e. The van der Waals surface area contributed by atoms with Crippen molar-refractivity contribution < 1.29 is 13.5 Å². The molecule has 1 aromatic heterocycles. The third-order valence-corrected chi connectivity index (χ3v) is 5.13. The number of halogens is 1. The van der Waals surface area contributed by atoms with Crippen molar-refractivity contribution in [3.8, 4) is 17.2 Å². The van der Waals surface area contributed by atoms with E-state index < -0.39 is 0 Å². The molecule has 1 fully saturated rings. The van der Waals surface area contributed by atoms with Crippen LogP contribution in [0.1, 0.15) is 23.1 Å². The Labute approximate surface area is 164 Å². The van der Waals surface area contributed by atoms with E-state index in [0.29, 0.717) is 29.5 Å². The molecule has 1 unspecified atom stereocenters. The molecule has 2 heterocycles. The molecule has 1 N–H and O–H groups in total. The maximum atomic E-state index is 14.3. The Hall–Kier alpha value is -2.70. The number of ether oxygens (including phenoxy) is 1. The second-order valence-electron chi connectivity index (χ2n) is 7.02. The first kappa shape index (κ1) is 18.7. The van der Waals surface area contributed by atoms with Crippen LogP contribution >= 0.6 is 0 Å². The fourth-order valence-electron chi connectivity index (χ4n) is 3.56. The van der Waals surface area contributed by atoms with E-state index >= 15 is 0 Å². The van der Waals surface area contributed by atoms with Crippen LogP contribution < -0.4 is 10.1 Å². The van der Waals surface area contributed by atoms with Crippen LogP contribution in [0.3, 0.4) is 0 Å². The first-order valence-corrected chi connectivity index (χ1v) is 9.45. The summed E-state index contributed by atoms with van der Waals surface area (Å²) in [6, 6.07) is 15.3. The third-order valence-electron chi connectivity index (χ3n) is 5.13. The minimum atomic E-state index is -0.375. The smallest absolute Gasteiger partial charge is 0.229 e. The molecule has 0 spiro atoms. The largest absolute Gasteiger partial charge is 0.497 e. The summed E-state index contributed by atoms with van der Waals surface area (Å²) < 4.78 is 25.2. The molecule has 1 atom stereocenters. The van der Waals surface area contributed by atoms with Crippen molar-refractivity contribution in [2.75, 3.05) is 26.7 Å². The number of aryl methyl sites for hydroxylation is 1. The van der Waals surface area contributed by atoms with Gasteiger partial charge in [-0.15, -0.1) is 0 Å². The van der Waals surface area contributed by atoms with E-state index in [4.69, 9.17) is 9.15 Å². The fraction of sp³-hybridized carbons (Fsp3) is 0.318. The maximum absolute atomic E-state index is 14.3. The van der Waals surface area contributed by atoms with Crippen molar-refractivity contribution in [1.29, 1.82) is 0 Å². The summed E-state index contributed by atoms with van der Waals surface area (Å²) in [7, 11) is 1.55. The monoisotopic (exact) mass is 381 g/mol. The van der Waals surface area contributed by atoms with E-state index in [1.165, 1.54) is 11.6 Å². The van der Waals surface area contributed by atoms with Gasteiger partial charge in [0.25, 0.3) is 0 Å². The molecule has 4 rings (SSSR count). The summed E-state index contributed by atoms with van der Waals surface area (Å²) in [6.07, 6.45) is 0. The summed E-state index contributed by atoms with van der Waals surface area (Å²) in [5.74, 6) is 1.20. The van der Waals surface area contributed by atoms with E-state index in [1.807, 2.05) is 13.0 Å². The summed E-state index contributed by atoms with van der Waals surface area (Å²) in [4.78, 5) is 6.94. The van der Waals surface area contributed by atoms with Crippen LogP contribution in [0, 0.1) is 12.7 Å². The van der Waals surface area contributed by atoms with Crippen molar-refractivity contribution >= 4 is 0 Å². The van der Waals surface area contributed by atoms with Crippen LogP contribution in [0.5, 0.6) is 5.75 Å². The van der Waals surface area contributed by atoms with Gasteiger partial charge in [0.15, 0.2) is 0 Å². The van der Waals surface area contributed by atoms with Gasteiger partial charge >= 0.3 is 0 Å². The highest BCUT2D eigenvalue weighted by Crippen LogP contribution is 2.29. The third kappa shape index (κ3) is 3.93. The van der Waals surface area contributed by atoms with Crippen molar-refractivity contribution in [2.45, 2.75) is 19.5 Å². The summed E-state index contributed by atoms with van der Waals surface area (Å²) in [5.41, 5.74) is 2.44. The van der Waals surface area contributed by atoms with Crippen molar-refractivity contribution in [1.82, 2.24) is 15.2 Å². The van der Waals surface area contributed by atoms with Gasteiger partial charge in [0.1, 0.15) is 17.3 Å². The summed E-state index contributed by atoms with van der Waals surface area (Å²) in [6.45, 7) is 5.28. The van der Waals surface area contributed by atoms with Gasteiger partial charge in [-0.1, -0.05) is 30.3 Å². The average Bonchev–Trinajstić information content (AvgIpc) is 3.09. The lowest BCUT2D eigenvalue weighted by Gasteiger charge is -2.33. The SMILES string of the molecule is COc1ccc(F)c(-c2nc(CN3CCNC(c4ccccc4)C3)c(C)o2)c1. The van der Waals surface area contributed by atoms with Crippen LogP contribution in [0.2, 0.25) is 0 Å². The second kappa shape index (κ2) is 8.12. The van der Waals surface area contributed by atoms with E-state index in [9.17, 15) is 4.39 Å². The molecule has 0 radical (unpaired) electrons. The lowest BCUT2D eigenvalue weighted by atomic mass is 10.0. The van der Waals surface area contributed by atoms with Gasteiger partial charge in [-0.3, -0.25) is 4.90 Å². The normalized spacial score (nSPS) is 17.6. The van der Waals surface area contributed by atoms with Crippen LogP contribution in [-0.4, -0.2) is 36.6 Å². The molecule has 0 amide bonds.